The van der Waals surface area contributed by atoms with Gasteiger partial charge in [0, 0.05) is 11.5 Å². The Morgan fingerprint density at radius 3 is 2.78 bits per heavy atom. The number of aliphatic carboxylic acids is 1. The molecule has 0 radical (unpaired) electrons. The zero-order valence-electron chi connectivity index (χ0n) is 10.7. The topological polar surface area (TPSA) is 60.4 Å². The van der Waals surface area contributed by atoms with Crippen LogP contribution in [0.15, 0.2) is 22.9 Å². The van der Waals surface area contributed by atoms with Gasteiger partial charge in [0.05, 0.1) is 17.7 Å². The predicted molar refractivity (Wildman–Crippen MR) is 58.4 cm³/mol. The first kappa shape index (κ1) is 13.8. The molecule has 1 aliphatic carbocycles. The molecule has 18 heavy (non-hydrogen) atoms. The first-order chi connectivity index (χ1) is 8.16. The number of carbonyl (C=O) groups excluding carboxylic acids is 2. The molecule has 0 aromatic rings. The maximum atomic E-state index is 11.9. The third-order valence-corrected chi connectivity index (χ3v) is 4.15. The van der Waals surface area contributed by atoms with Crippen molar-refractivity contribution in [1.82, 2.24) is 4.90 Å². The fourth-order valence-corrected chi connectivity index (χ4v) is 3.46. The van der Waals surface area contributed by atoms with Crippen molar-refractivity contribution in [2.75, 3.05) is 0 Å². The number of carbonyl (C=O) groups is 2. The zero-order chi connectivity index (χ0) is 12.2. The molecular formula is C13H14NNaO3. The van der Waals surface area contributed by atoms with Crippen LogP contribution in [-0.4, -0.2) is 22.8 Å². The smallest absolute Gasteiger partial charge is 0.543 e. The normalized spacial score (nSPS) is 31.7. The maximum Gasteiger partial charge on any atom is 1.00 e. The largest absolute Gasteiger partial charge is 1.00 e. The van der Waals surface area contributed by atoms with Crippen LogP contribution in [0.1, 0.15) is 32.6 Å². The molecule has 2 heterocycles. The summed E-state index contributed by atoms with van der Waals surface area (Å²) in [5, 5.41) is 11.2. The van der Waals surface area contributed by atoms with Crippen LogP contribution in [0, 0.1) is 5.92 Å². The average Bonchev–Trinajstić information content (AvgIpc) is 2.61. The molecule has 1 amide bonds. The van der Waals surface area contributed by atoms with E-state index in [4.69, 9.17) is 0 Å². The summed E-state index contributed by atoms with van der Waals surface area (Å²) in [6, 6.07) is -0.0179. The third-order valence-electron chi connectivity index (χ3n) is 4.15. The second kappa shape index (κ2) is 4.83. The Morgan fingerprint density at radius 2 is 2.17 bits per heavy atom. The Kier molecular flexibility index (Phi) is 3.72. The van der Waals surface area contributed by atoms with E-state index < -0.39 is 5.97 Å². The summed E-state index contributed by atoms with van der Waals surface area (Å²) in [7, 11) is 0. The van der Waals surface area contributed by atoms with Gasteiger partial charge in [0.25, 0.3) is 5.91 Å². The van der Waals surface area contributed by atoms with E-state index in [-0.39, 0.29) is 53.1 Å². The van der Waals surface area contributed by atoms with E-state index in [0.29, 0.717) is 0 Å². The van der Waals surface area contributed by atoms with E-state index >= 15 is 0 Å². The van der Waals surface area contributed by atoms with Crippen LogP contribution in [0.4, 0.5) is 0 Å². The SMILES string of the molecule is C/C=C1/C(=O)N2C(C(=O)[O-])=C3CCCC[C@@H]3[C@H]12.[Na+]. The van der Waals surface area contributed by atoms with E-state index in [0.717, 1.165) is 36.8 Å². The summed E-state index contributed by atoms with van der Waals surface area (Å²) in [5.41, 5.74) is 1.87. The fourth-order valence-electron chi connectivity index (χ4n) is 3.46. The second-order valence-corrected chi connectivity index (χ2v) is 4.88. The minimum atomic E-state index is -1.20. The number of nitrogens with zero attached hydrogens (tertiary/aromatic N) is 1. The van der Waals surface area contributed by atoms with Gasteiger partial charge in [-0.2, -0.15) is 0 Å². The van der Waals surface area contributed by atoms with Gasteiger partial charge >= 0.3 is 29.6 Å². The number of hydrogen-bond acceptors (Lipinski definition) is 3. The fraction of sp³-hybridized carbons (Fsp3) is 0.538. The summed E-state index contributed by atoms with van der Waals surface area (Å²) in [5.74, 6) is -1.13. The van der Waals surface area contributed by atoms with Crippen LogP contribution in [0.25, 0.3) is 0 Å². The molecule has 2 fully saturated rings. The molecule has 0 N–H and O–H groups in total. The molecule has 5 heteroatoms. The van der Waals surface area contributed by atoms with E-state index in [1.807, 2.05) is 13.0 Å². The zero-order valence-corrected chi connectivity index (χ0v) is 12.7. The summed E-state index contributed by atoms with van der Waals surface area (Å²) < 4.78 is 0. The van der Waals surface area contributed by atoms with Gasteiger partial charge in [-0.1, -0.05) is 12.5 Å². The monoisotopic (exact) mass is 255 g/mol. The first-order valence-electron chi connectivity index (χ1n) is 6.11. The van der Waals surface area contributed by atoms with Crippen molar-refractivity contribution < 1.29 is 44.3 Å². The van der Waals surface area contributed by atoms with Gasteiger partial charge < -0.3 is 9.90 Å². The molecule has 2 atom stereocenters. The van der Waals surface area contributed by atoms with Crippen molar-refractivity contribution in [2.45, 2.75) is 38.6 Å². The van der Waals surface area contributed by atoms with Gasteiger partial charge in [0.2, 0.25) is 0 Å². The van der Waals surface area contributed by atoms with Gasteiger partial charge in [0.15, 0.2) is 0 Å². The first-order valence-corrected chi connectivity index (χ1v) is 6.11. The molecule has 1 saturated heterocycles. The van der Waals surface area contributed by atoms with Crippen molar-refractivity contribution in [2.24, 2.45) is 5.92 Å². The van der Waals surface area contributed by atoms with E-state index in [2.05, 4.69) is 0 Å². The van der Waals surface area contributed by atoms with Crippen LogP contribution in [0.5, 0.6) is 0 Å². The van der Waals surface area contributed by atoms with Crippen LogP contribution >= 0.6 is 0 Å². The van der Waals surface area contributed by atoms with Crippen LogP contribution < -0.4 is 34.7 Å². The molecule has 3 rings (SSSR count). The predicted octanol–water partition coefficient (Wildman–Crippen LogP) is -2.64. The number of amides is 1. The van der Waals surface area contributed by atoms with Gasteiger partial charge in [0.1, 0.15) is 0 Å². The summed E-state index contributed by atoms with van der Waals surface area (Å²) in [6.07, 6.45) is 5.73. The average molecular weight is 255 g/mol. The molecule has 4 nitrogen and oxygen atoms in total. The van der Waals surface area contributed by atoms with Crippen molar-refractivity contribution in [3.05, 3.63) is 22.9 Å². The molecule has 0 aromatic carbocycles. The van der Waals surface area contributed by atoms with Crippen molar-refractivity contribution >= 4 is 11.9 Å². The number of rotatable bonds is 1. The van der Waals surface area contributed by atoms with E-state index in [1.54, 1.807) is 0 Å². The van der Waals surface area contributed by atoms with Gasteiger partial charge in [-0.25, -0.2) is 0 Å². The van der Waals surface area contributed by atoms with E-state index in [1.165, 1.54) is 4.90 Å². The van der Waals surface area contributed by atoms with Gasteiger partial charge in [-0.3, -0.25) is 9.69 Å². The number of hydrogen-bond donors (Lipinski definition) is 0. The molecule has 90 valence electrons. The second-order valence-electron chi connectivity index (χ2n) is 4.88. The van der Waals surface area contributed by atoms with Crippen molar-refractivity contribution in [3.63, 3.8) is 0 Å². The van der Waals surface area contributed by atoms with Crippen LogP contribution in [0.3, 0.4) is 0 Å². The van der Waals surface area contributed by atoms with E-state index in [9.17, 15) is 14.7 Å². The molecule has 2 aliphatic heterocycles. The molecular weight excluding hydrogens is 241 g/mol. The number of β-lactam (4-membered cyclic amide) rings is 1. The molecule has 0 unspecified atom stereocenters. The maximum absolute atomic E-state index is 11.9. The number of allylic oxidation sites excluding steroid dienone is 1. The summed E-state index contributed by atoms with van der Waals surface area (Å²) >= 11 is 0. The standard InChI is InChI=1S/C13H15NO3.Na/c1-2-7-10-8-5-3-4-6-9(8)11(13(16)17)14(10)12(7)15;/h2,8,10H,3-6H2,1H3,(H,16,17);/q;+1/p-1/b7-2+;/t8-,10-;/m0./s1. The van der Waals surface area contributed by atoms with Gasteiger partial charge in [-0.15, -0.1) is 0 Å². The third kappa shape index (κ3) is 1.63. The minimum absolute atomic E-state index is 0. The molecule has 3 aliphatic rings. The van der Waals surface area contributed by atoms with Crippen LogP contribution in [-0.2, 0) is 9.59 Å². The van der Waals surface area contributed by atoms with Gasteiger partial charge in [-0.05, 0) is 31.8 Å². The Labute approximate surface area is 128 Å². The Bertz CT molecular complexity index is 481. The summed E-state index contributed by atoms with van der Waals surface area (Å²) in [6.45, 7) is 1.84. The van der Waals surface area contributed by atoms with Crippen molar-refractivity contribution in [3.8, 4) is 0 Å². The number of carboxylic acid groups (broad SMARTS) is 1. The van der Waals surface area contributed by atoms with Crippen LogP contribution in [0.2, 0.25) is 0 Å². The Morgan fingerprint density at radius 1 is 1.44 bits per heavy atom. The molecule has 0 bridgehead atoms. The number of carboxylic acids is 1. The number of fused-ring (bicyclic) bond motifs is 3. The van der Waals surface area contributed by atoms with Crippen molar-refractivity contribution in [1.29, 1.82) is 0 Å². The molecule has 0 spiro atoms. The minimum Gasteiger partial charge on any atom is -0.543 e. The Hall–Kier alpha value is -0.580. The molecule has 1 saturated carbocycles. The molecule has 0 aromatic heterocycles. The Balaban J connectivity index is 0.00000120. The quantitative estimate of drug-likeness (QED) is 0.292. The summed E-state index contributed by atoms with van der Waals surface area (Å²) in [4.78, 5) is 24.5.